The van der Waals surface area contributed by atoms with Crippen molar-refractivity contribution in [2.45, 2.75) is 25.2 Å². The molecule has 122 valence electrons. The van der Waals surface area contributed by atoms with E-state index in [2.05, 4.69) is 4.72 Å². The molecule has 0 aromatic carbocycles. The van der Waals surface area contributed by atoms with E-state index in [0.717, 1.165) is 0 Å². The summed E-state index contributed by atoms with van der Waals surface area (Å²) >= 11 is 0. The molecule has 21 heavy (non-hydrogen) atoms. The van der Waals surface area contributed by atoms with Gasteiger partial charge in [0, 0.05) is 26.1 Å². The molecule has 2 saturated heterocycles. The molecule has 7 nitrogen and oxygen atoms in total. The van der Waals surface area contributed by atoms with Crippen LogP contribution in [0.3, 0.4) is 0 Å². The zero-order valence-corrected chi connectivity index (χ0v) is 12.2. The number of aliphatic carboxylic acids is 1. The molecule has 2 heterocycles. The average molecular weight is 328 g/mol. The van der Waals surface area contributed by atoms with Gasteiger partial charge in [0.25, 0.3) is 16.1 Å². The number of carboxylic acids is 1. The number of nitrogens with zero attached hydrogens (tertiary/aromatic N) is 1. The van der Waals surface area contributed by atoms with Gasteiger partial charge in [-0.2, -0.15) is 12.7 Å². The lowest BCUT2D eigenvalue weighted by Crippen LogP contribution is -2.51. The van der Waals surface area contributed by atoms with E-state index in [1.807, 2.05) is 0 Å². The lowest BCUT2D eigenvalue weighted by atomic mass is 9.83. The van der Waals surface area contributed by atoms with E-state index in [1.54, 1.807) is 0 Å². The molecule has 10 heteroatoms. The van der Waals surface area contributed by atoms with Gasteiger partial charge in [-0.25, -0.2) is 13.5 Å². The first-order chi connectivity index (χ1) is 9.67. The number of carbonyl (C=O) groups is 1. The Hall–Kier alpha value is -0.840. The van der Waals surface area contributed by atoms with Gasteiger partial charge in [-0.1, -0.05) is 0 Å². The lowest BCUT2D eigenvalue weighted by molar-refractivity contribution is -0.156. The first-order valence-electron chi connectivity index (χ1n) is 6.61. The molecule has 0 radical (unpaired) electrons. The summed E-state index contributed by atoms with van der Waals surface area (Å²) in [5, 5.41) is 9.29. The van der Waals surface area contributed by atoms with Crippen molar-refractivity contribution in [3.63, 3.8) is 0 Å². The van der Waals surface area contributed by atoms with Gasteiger partial charge in [0.15, 0.2) is 0 Å². The van der Waals surface area contributed by atoms with E-state index >= 15 is 0 Å². The highest BCUT2D eigenvalue weighted by Gasteiger charge is 2.45. The smallest absolute Gasteiger partial charge is 0.313 e. The highest BCUT2D eigenvalue weighted by atomic mass is 32.2. The molecule has 1 unspecified atom stereocenters. The molecule has 2 fully saturated rings. The third-order valence-corrected chi connectivity index (χ3v) is 5.34. The van der Waals surface area contributed by atoms with Crippen molar-refractivity contribution < 1.29 is 31.8 Å². The predicted octanol–water partition coefficient (Wildman–Crippen LogP) is 0.0432. The number of hydrogen-bond acceptors (Lipinski definition) is 4. The van der Waals surface area contributed by atoms with Crippen LogP contribution in [-0.2, 0) is 19.7 Å². The van der Waals surface area contributed by atoms with Gasteiger partial charge in [-0.3, -0.25) is 4.79 Å². The van der Waals surface area contributed by atoms with Gasteiger partial charge in [-0.05, 0) is 12.8 Å². The Kier molecular flexibility index (Phi) is 4.52. The van der Waals surface area contributed by atoms with Gasteiger partial charge >= 0.3 is 5.97 Å². The Balaban J connectivity index is 2.02. The molecule has 0 bridgehead atoms. The molecule has 0 amide bonds. The maximum absolute atomic E-state index is 13.1. The van der Waals surface area contributed by atoms with Crippen molar-refractivity contribution in [3.8, 4) is 0 Å². The van der Waals surface area contributed by atoms with E-state index in [1.165, 1.54) is 0 Å². The fourth-order valence-electron chi connectivity index (χ4n) is 2.47. The average Bonchev–Trinajstić information content (AvgIpc) is 2.79. The van der Waals surface area contributed by atoms with Gasteiger partial charge in [-0.15, -0.1) is 0 Å². The van der Waals surface area contributed by atoms with Crippen molar-refractivity contribution in [2.75, 3.05) is 32.8 Å². The second kappa shape index (κ2) is 5.75. The third kappa shape index (κ3) is 3.68. The van der Waals surface area contributed by atoms with E-state index in [9.17, 15) is 27.1 Å². The van der Waals surface area contributed by atoms with Crippen molar-refractivity contribution in [1.29, 1.82) is 0 Å². The van der Waals surface area contributed by atoms with Crippen LogP contribution in [0, 0.1) is 5.41 Å². The molecule has 2 rings (SSSR count). The van der Waals surface area contributed by atoms with Crippen molar-refractivity contribution >= 4 is 16.2 Å². The van der Waals surface area contributed by atoms with Crippen molar-refractivity contribution in [2.24, 2.45) is 5.41 Å². The molecular formula is C11H18F2N2O5S. The van der Waals surface area contributed by atoms with Crippen LogP contribution in [0.15, 0.2) is 0 Å². The summed E-state index contributed by atoms with van der Waals surface area (Å²) in [6.45, 7) is -1.19. The van der Waals surface area contributed by atoms with Crippen molar-refractivity contribution in [3.05, 3.63) is 0 Å². The van der Waals surface area contributed by atoms with Crippen LogP contribution < -0.4 is 4.72 Å². The number of rotatable bonds is 5. The molecule has 0 aromatic heterocycles. The summed E-state index contributed by atoms with van der Waals surface area (Å²) in [5.41, 5.74) is -1.34. The Labute approximate surface area is 121 Å². The summed E-state index contributed by atoms with van der Waals surface area (Å²) in [5.74, 6) is -4.19. The summed E-state index contributed by atoms with van der Waals surface area (Å²) in [7, 11) is -4.12. The summed E-state index contributed by atoms with van der Waals surface area (Å²) in [4.78, 5) is 11.4. The number of nitrogens with one attached hydrogen (secondary N) is 1. The van der Waals surface area contributed by atoms with Gasteiger partial charge in [0.1, 0.15) is 5.41 Å². The van der Waals surface area contributed by atoms with Crippen LogP contribution in [0.2, 0.25) is 0 Å². The first kappa shape index (κ1) is 16.5. The maximum atomic E-state index is 13.1. The molecule has 0 saturated carbocycles. The second-order valence-electron chi connectivity index (χ2n) is 5.51. The third-order valence-electron chi connectivity index (χ3n) is 3.84. The Morgan fingerprint density at radius 2 is 2.10 bits per heavy atom. The Bertz CT molecular complexity index is 505. The maximum Gasteiger partial charge on any atom is 0.313 e. The molecule has 2 N–H and O–H groups in total. The normalized spacial score (nSPS) is 30.4. The summed E-state index contributed by atoms with van der Waals surface area (Å²) in [6, 6.07) is 0. The summed E-state index contributed by atoms with van der Waals surface area (Å²) in [6.07, 6.45) is 0.262. The van der Waals surface area contributed by atoms with E-state index in [-0.39, 0.29) is 26.1 Å². The Morgan fingerprint density at radius 1 is 1.38 bits per heavy atom. The fourth-order valence-corrected chi connectivity index (χ4v) is 3.80. The molecule has 0 aromatic rings. The predicted molar refractivity (Wildman–Crippen MR) is 68.2 cm³/mol. The van der Waals surface area contributed by atoms with Crippen molar-refractivity contribution in [1.82, 2.24) is 9.03 Å². The first-order valence-corrected chi connectivity index (χ1v) is 8.05. The molecule has 1 atom stereocenters. The SMILES string of the molecule is O=C(O)C1(CNS(=O)(=O)N2CCC(F)(F)C2)CCCOC1. The largest absolute Gasteiger partial charge is 0.481 e. The number of hydrogen-bond donors (Lipinski definition) is 2. The minimum absolute atomic E-state index is 0.0962. The molecule has 0 spiro atoms. The monoisotopic (exact) mass is 328 g/mol. The molecule has 0 aliphatic carbocycles. The minimum Gasteiger partial charge on any atom is -0.481 e. The highest BCUT2D eigenvalue weighted by Crippen LogP contribution is 2.30. The highest BCUT2D eigenvalue weighted by molar-refractivity contribution is 7.87. The summed E-state index contributed by atoms with van der Waals surface area (Å²) < 4.78 is 58.0. The van der Waals surface area contributed by atoms with Gasteiger partial charge < -0.3 is 9.84 Å². The molecule has 2 aliphatic heterocycles. The van der Waals surface area contributed by atoms with E-state index < -0.39 is 40.5 Å². The fraction of sp³-hybridized carbons (Fsp3) is 0.909. The minimum atomic E-state index is -4.12. The van der Waals surface area contributed by atoms with Crippen LogP contribution in [-0.4, -0.2) is 62.6 Å². The second-order valence-corrected chi connectivity index (χ2v) is 7.26. The zero-order valence-electron chi connectivity index (χ0n) is 11.3. The quantitative estimate of drug-likeness (QED) is 0.743. The van der Waals surface area contributed by atoms with Crippen LogP contribution in [0.5, 0.6) is 0 Å². The number of halogens is 2. The number of alkyl halides is 2. The van der Waals surface area contributed by atoms with Gasteiger partial charge in [0.2, 0.25) is 0 Å². The van der Waals surface area contributed by atoms with Crippen LogP contribution >= 0.6 is 0 Å². The topological polar surface area (TPSA) is 95.9 Å². The Morgan fingerprint density at radius 3 is 2.57 bits per heavy atom. The van der Waals surface area contributed by atoms with Crippen LogP contribution in [0.25, 0.3) is 0 Å². The van der Waals surface area contributed by atoms with E-state index in [0.29, 0.717) is 17.3 Å². The van der Waals surface area contributed by atoms with Crippen LogP contribution in [0.4, 0.5) is 8.78 Å². The lowest BCUT2D eigenvalue weighted by Gasteiger charge is -2.33. The standard InChI is InChI=1S/C11H18F2N2O5S/c12-11(13)3-4-15(7-11)21(18,19)14-6-10(9(16)17)2-1-5-20-8-10/h14H,1-8H2,(H,16,17). The zero-order chi connectivity index (χ0) is 15.7. The van der Waals surface area contributed by atoms with Crippen LogP contribution in [0.1, 0.15) is 19.3 Å². The molecule has 2 aliphatic rings. The number of ether oxygens (including phenoxy) is 1. The number of carboxylic acid groups (broad SMARTS) is 1. The van der Waals surface area contributed by atoms with Gasteiger partial charge in [0.05, 0.1) is 13.2 Å². The molecular weight excluding hydrogens is 310 g/mol. The van der Waals surface area contributed by atoms with E-state index in [4.69, 9.17) is 4.74 Å².